The van der Waals surface area contributed by atoms with Crippen molar-refractivity contribution in [3.05, 3.63) is 117 Å². The van der Waals surface area contributed by atoms with Crippen molar-refractivity contribution >= 4 is 17.3 Å². The number of oxime groups is 1. The molecule has 52 heavy (non-hydrogen) atoms. The van der Waals surface area contributed by atoms with E-state index in [-0.39, 0.29) is 32.3 Å². The van der Waals surface area contributed by atoms with E-state index in [0.717, 1.165) is 53.8 Å². The Balaban J connectivity index is 0.950. The van der Waals surface area contributed by atoms with Crippen molar-refractivity contribution in [2.24, 2.45) is 5.16 Å². The van der Waals surface area contributed by atoms with Crippen LogP contribution >= 0.6 is 0 Å². The van der Waals surface area contributed by atoms with Crippen LogP contribution in [0.2, 0.25) is 0 Å². The fourth-order valence-electron chi connectivity index (χ4n) is 6.53. The molecule has 0 aromatic heterocycles. The van der Waals surface area contributed by atoms with Gasteiger partial charge in [-0.25, -0.2) is 0 Å². The third kappa shape index (κ3) is 8.32. The number of hydrogen-bond acceptors (Lipinski definition) is 11. The number of methoxy groups -OCH3 is 1. The number of ether oxygens (including phenoxy) is 3. The van der Waals surface area contributed by atoms with E-state index in [2.05, 4.69) is 15.8 Å². The summed E-state index contributed by atoms with van der Waals surface area (Å²) in [6.07, 6.45) is 3.23. The number of amides is 1. The predicted octanol–water partition coefficient (Wildman–Crippen LogP) is 5.40. The lowest BCUT2D eigenvalue weighted by Gasteiger charge is -2.28. The molecule has 2 aliphatic rings. The molecular weight excluding hydrogens is 666 g/mol. The van der Waals surface area contributed by atoms with Crippen molar-refractivity contribution in [3.63, 3.8) is 0 Å². The van der Waals surface area contributed by atoms with Crippen LogP contribution in [0.5, 0.6) is 17.2 Å². The number of fused-ring (bicyclic) bond motifs is 1. The first-order valence-electron chi connectivity index (χ1n) is 17.5. The number of hydrogen-bond donors (Lipinski definition) is 6. The zero-order chi connectivity index (χ0) is 36.5. The van der Waals surface area contributed by atoms with Gasteiger partial charge < -0.3 is 50.1 Å². The number of nitrogens with zero attached hydrogens (tertiary/aromatic N) is 1. The molecule has 4 aromatic carbocycles. The number of benzene rings is 4. The normalized spacial score (nSPS) is 16.3. The first kappa shape index (κ1) is 36.6. The standard InChI is InChI=1S/C40H45N3O9/c1-49-36-13-10-25(34-20-37(52-43-34)27-17-28(21-44)32(24-47)29(18-27)22-45)19-38(36)51-15-7-3-2-6-14-50-35-12-11-26(16-30(35)23-46)39-41-33-9-5-4-8-31(33)40(48)42-39/h4-5,8-13,16-19,37,39,41,44-47H,2-3,6-7,14-15,20-24H2,1H3,(H,42,48). The average Bonchev–Trinajstić information content (AvgIpc) is 3.69. The van der Waals surface area contributed by atoms with Gasteiger partial charge in [-0.1, -0.05) is 23.4 Å². The molecule has 274 valence electrons. The molecular formula is C40H45N3O9. The fourth-order valence-corrected chi connectivity index (χ4v) is 6.53. The maximum absolute atomic E-state index is 12.6. The summed E-state index contributed by atoms with van der Waals surface area (Å²) in [5.74, 6) is 1.70. The lowest BCUT2D eigenvalue weighted by molar-refractivity contribution is 0.0853. The number of nitrogens with one attached hydrogen (secondary N) is 2. The Bertz CT molecular complexity index is 1870. The molecule has 6 N–H and O–H groups in total. The van der Waals surface area contributed by atoms with Crippen molar-refractivity contribution in [1.82, 2.24) is 5.32 Å². The fraction of sp³-hybridized carbons (Fsp3) is 0.350. The van der Waals surface area contributed by atoms with Crippen LogP contribution in [0.15, 0.2) is 78.0 Å². The Morgan fingerprint density at radius 1 is 0.731 bits per heavy atom. The van der Waals surface area contributed by atoms with Gasteiger partial charge in [-0.3, -0.25) is 4.79 Å². The highest BCUT2D eigenvalue weighted by molar-refractivity contribution is 6.02. The van der Waals surface area contributed by atoms with Gasteiger partial charge in [0, 0.05) is 23.2 Å². The highest BCUT2D eigenvalue weighted by atomic mass is 16.6. The first-order chi connectivity index (χ1) is 25.5. The van der Waals surface area contributed by atoms with Crippen LogP contribution in [0.25, 0.3) is 0 Å². The monoisotopic (exact) mass is 711 g/mol. The molecule has 2 heterocycles. The Morgan fingerprint density at radius 3 is 2.10 bits per heavy atom. The van der Waals surface area contributed by atoms with E-state index in [1.807, 2.05) is 54.6 Å². The van der Waals surface area contributed by atoms with Gasteiger partial charge in [-0.2, -0.15) is 0 Å². The third-order valence-electron chi connectivity index (χ3n) is 9.38. The Morgan fingerprint density at radius 2 is 1.40 bits per heavy atom. The summed E-state index contributed by atoms with van der Waals surface area (Å²) in [4.78, 5) is 18.3. The quantitative estimate of drug-likeness (QED) is 0.0780. The van der Waals surface area contributed by atoms with E-state index in [1.54, 1.807) is 25.3 Å². The second-order valence-electron chi connectivity index (χ2n) is 12.7. The average molecular weight is 712 g/mol. The Hall–Kier alpha value is -5.14. The van der Waals surface area contributed by atoms with Crippen LogP contribution < -0.4 is 24.8 Å². The van der Waals surface area contributed by atoms with Crippen LogP contribution in [0.3, 0.4) is 0 Å². The predicted molar refractivity (Wildman–Crippen MR) is 194 cm³/mol. The molecule has 0 bridgehead atoms. The SMILES string of the molecule is COc1ccc(C2=NOC(c3cc(CO)c(CO)c(CO)c3)C2)cc1OCCCCCCOc1ccc(C2NC(=O)c3ccccc3N2)cc1CO. The molecule has 0 saturated heterocycles. The van der Waals surface area contributed by atoms with E-state index in [1.165, 1.54) is 0 Å². The number of anilines is 1. The van der Waals surface area contributed by atoms with Gasteiger partial charge in [0.2, 0.25) is 0 Å². The van der Waals surface area contributed by atoms with Crippen LogP contribution in [-0.2, 0) is 31.3 Å². The van der Waals surface area contributed by atoms with Crippen LogP contribution in [0.4, 0.5) is 5.69 Å². The Labute approximate surface area is 302 Å². The van der Waals surface area contributed by atoms with E-state index in [0.29, 0.717) is 64.7 Å². The summed E-state index contributed by atoms with van der Waals surface area (Å²) in [7, 11) is 1.60. The van der Waals surface area contributed by atoms with Crippen molar-refractivity contribution < 1.29 is 44.3 Å². The third-order valence-corrected chi connectivity index (χ3v) is 9.38. The highest BCUT2D eigenvalue weighted by Crippen LogP contribution is 2.35. The van der Waals surface area contributed by atoms with Crippen LogP contribution in [0.1, 0.15) is 93.7 Å². The van der Waals surface area contributed by atoms with Gasteiger partial charge >= 0.3 is 0 Å². The number of aliphatic hydroxyl groups is 4. The zero-order valence-corrected chi connectivity index (χ0v) is 29.1. The molecule has 0 radical (unpaired) electrons. The van der Waals surface area contributed by atoms with Crippen molar-refractivity contribution in [2.45, 2.75) is 70.8 Å². The van der Waals surface area contributed by atoms with E-state index < -0.39 is 12.3 Å². The molecule has 4 aromatic rings. The smallest absolute Gasteiger partial charge is 0.255 e. The maximum Gasteiger partial charge on any atom is 0.255 e. The van der Waals surface area contributed by atoms with Gasteiger partial charge in [-0.15, -0.1) is 0 Å². The van der Waals surface area contributed by atoms with Gasteiger partial charge in [0.25, 0.3) is 5.91 Å². The summed E-state index contributed by atoms with van der Waals surface area (Å²) >= 11 is 0. The van der Waals surface area contributed by atoms with Crippen LogP contribution in [-0.4, -0.2) is 52.4 Å². The lowest BCUT2D eigenvalue weighted by Crippen LogP contribution is -2.38. The van der Waals surface area contributed by atoms with Gasteiger partial charge in [0.05, 0.1) is 58.0 Å². The van der Waals surface area contributed by atoms with Crippen molar-refractivity contribution in [3.8, 4) is 17.2 Å². The molecule has 2 aliphatic heterocycles. The summed E-state index contributed by atoms with van der Waals surface area (Å²) in [5, 5.41) is 50.0. The second kappa shape index (κ2) is 17.4. The lowest BCUT2D eigenvalue weighted by atomic mass is 9.93. The molecule has 0 aliphatic carbocycles. The molecule has 2 atom stereocenters. The summed E-state index contributed by atoms with van der Waals surface area (Å²) < 4.78 is 17.7. The molecule has 6 rings (SSSR count). The Kier molecular flexibility index (Phi) is 12.3. The van der Waals surface area contributed by atoms with Gasteiger partial charge in [-0.05, 0) is 108 Å². The van der Waals surface area contributed by atoms with Crippen molar-refractivity contribution in [2.75, 3.05) is 25.6 Å². The minimum atomic E-state index is -0.408. The zero-order valence-electron chi connectivity index (χ0n) is 29.1. The summed E-state index contributed by atoms with van der Waals surface area (Å²) in [6.45, 7) is 0.0349. The van der Waals surface area contributed by atoms with Crippen LogP contribution in [0, 0.1) is 0 Å². The minimum absolute atomic E-state index is 0.146. The van der Waals surface area contributed by atoms with Crippen molar-refractivity contribution in [1.29, 1.82) is 0 Å². The minimum Gasteiger partial charge on any atom is -0.493 e. The first-order valence-corrected chi connectivity index (χ1v) is 17.5. The molecule has 0 fully saturated rings. The maximum atomic E-state index is 12.6. The second-order valence-corrected chi connectivity index (χ2v) is 12.7. The summed E-state index contributed by atoms with van der Waals surface area (Å²) in [6, 6.07) is 22.1. The van der Waals surface area contributed by atoms with E-state index in [9.17, 15) is 25.2 Å². The largest absolute Gasteiger partial charge is 0.493 e. The number of rotatable bonds is 17. The number of aliphatic hydroxyl groups excluding tert-OH is 4. The summed E-state index contributed by atoms with van der Waals surface area (Å²) in [5.41, 5.74) is 6.82. The van der Waals surface area contributed by atoms with E-state index in [4.69, 9.17) is 19.0 Å². The number of carbonyl (C=O) groups is 1. The molecule has 0 spiro atoms. The highest BCUT2D eigenvalue weighted by Gasteiger charge is 2.27. The molecule has 0 saturated carbocycles. The molecule has 2 unspecified atom stereocenters. The van der Waals surface area contributed by atoms with Gasteiger partial charge in [0.15, 0.2) is 17.6 Å². The van der Waals surface area contributed by atoms with Gasteiger partial charge in [0.1, 0.15) is 11.9 Å². The molecule has 12 heteroatoms. The topological polar surface area (TPSA) is 171 Å². The number of carbonyl (C=O) groups excluding carboxylic acids is 1. The molecule has 12 nitrogen and oxygen atoms in total. The number of para-hydroxylation sites is 1. The molecule has 1 amide bonds. The van der Waals surface area contributed by atoms with E-state index >= 15 is 0 Å². The number of unbranched alkanes of at least 4 members (excludes halogenated alkanes) is 3.